The van der Waals surface area contributed by atoms with Gasteiger partial charge >= 0.3 is 0 Å². The van der Waals surface area contributed by atoms with Crippen molar-refractivity contribution in [1.29, 1.82) is 0 Å². The number of benzene rings is 2. The molecule has 5 nitrogen and oxygen atoms in total. The van der Waals surface area contributed by atoms with Crippen molar-refractivity contribution < 1.29 is 4.79 Å². The summed E-state index contributed by atoms with van der Waals surface area (Å²) in [6, 6.07) is 18.3. The van der Waals surface area contributed by atoms with Crippen molar-refractivity contribution in [1.82, 2.24) is 20.1 Å². The molecule has 1 fully saturated rings. The first-order valence-electron chi connectivity index (χ1n) is 8.50. The first-order chi connectivity index (χ1) is 12.3. The van der Waals surface area contributed by atoms with Gasteiger partial charge in [0.2, 0.25) is 5.91 Å². The van der Waals surface area contributed by atoms with Crippen molar-refractivity contribution in [3.8, 4) is 0 Å². The highest BCUT2D eigenvalue weighted by Crippen LogP contribution is 2.48. The summed E-state index contributed by atoms with van der Waals surface area (Å²) in [5.74, 6) is 0.130. The van der Waals surface area contributed by atoms with Gasteiger partial charge in [-0.3, -0.25) is 4.79 Å². The normalized spacial score (nSPS) is 14.9. The monoisotopic (exact) mass is 332 g/mol. The van der Waals surface area contributed by atoms with Crippen molar-refractivity contribution >= 4 is 5.91 Å². The Labute approximate surface area is 146 Å². The third-order valence-electron chi connectivity index (χ3n) is 4.80. The number of hydrogen-bond donors (Lipinski definition) is 1. The Morgan fingerprint density at radius 3 is 2.40 bits per heavy atom. The van der Waals surface area contributed by atoms with Crippen LogP contribution in [-0.4, -0.2) is 20.7 Å². The maximum atomic E-state index is 12.6. The summed E-state index contributed by atoms with van der Waals surface area (Å²) in [6.07, 6.45) is 5.09. The van der Waals surface area contributed by atoms with Gasteiger partial charge in [-0.25, -0.2) is 9.67 Å². The third-order valence-corrected chi connectivity index (χ3v) is 4.80. The Kier molecular flexibility index (Phi) is 4.06. The van der Waals surface area contributed by atoms with Crippen LogP contribution < -0.4 is 5.32 Å². The van der Waals surface area contributed by atoms with Crippen LogP contribution in [0.25, 0.3) is 0 Å². The molecule has 1 N–H and O–H groups in total. The molecular formula is C20H20N4O. The number of rotatable bonds is 6. The summed E-state index contributed by atoms with van der Waals surface area (Å²) < 4.78 is 1.79. The van der Waals surface area contributed by atoms with Crippen molar-refractivity contribution in [3.63, 3.8) is 0 Å². The Balaban J connectivity index is 1.36. The Hall–Kier alpha value is -2.95. The Bertz CT molecular complexity index is 837. The summed E-state index contributed by atoms with van der Waals surface area (Å²) in [5, 5.41) is 7.20. The molecule has 3 aromatic rings. The molecule has 2 aromatic carbocycles. The van der Waals surface area contributed by atoms with E-state index in [1.54, 1.807) is 11.0 Å². The van der Waals surface area contributed by atoms with Crippen LogP contribution in [0.15, 0.2) is 67.3 Å². The number of aromatic nitrogens is 3. The van der Waals surface area contributed by atoms with E-state index in [1.807, 2.05) is 30.3 Å². The molecule has 5 heteroatoms. The average molecular weight is 332 g/mol. The van der Waals surface area contributed by atoms with Gasteiger partial charge in [0, 0.05) is 6.54 Å². The molecular weight excluding hydrogens is 312 g/mol. The molecule has 126 valence electrons. The van der Waals surface area contributed by atoms with Gasteiger partial charge in [0.1, 0.15) is 12.7 Å². The molecule has 1 amide bonds. The largest absolute Gasteiger partial charge is 0.351 e. The minimum absolute atomic E-state index is 0.130. The van der Waals surface area contributed by atoms with Crippen molar-refractivity contribution in [2.45, 2.75) is 31.3 Å². The molecule has 4 rings (SSSR count). The standard InChI is InChI=1S/C20H20N4O/c25-19(20(10-11-20)18-4-2-1-3-5-18)22-12-16-6-8-17(9-7-16)13-24-15-21-14-23-24/h1-9,14-15H,10-13H2,(H,22,25). The van der Waals surface area contributed by atoms with Crippen LogP contribution in [0.3, 0.4) is 0 Å². The van der Waals surface area contributed by atoms with Crippen LogP contribution in [-0.2, 0) is 23.3 Å². The number of carbonyl (C=O) groups excluding carboxylic acids is 1. The highest BCUT2D eigenvalue weighted by atomic mass is 16.2. The predicted molar refractivity (Wildman–Crippen MR) is 94.8 cm³/mol. The van der Waals surface area contributed by atoms with Gasteiger partial charge in [0.15, 0.2) is 0 Å². The van der Waals surface area contributed by atoms with E-state index in [2.05, 4.69) is 39.7 Å². The first-order valence-corrected chi connectivity index (χ1v) is 8.50. The van der Waals surface area contributed by atoms with E-state index < -0.39 is 0 Å². The number of hydrogen-bond acceptors (Lipinski definition) is 3. The number of carbonyl (C=O) groups is 1. The summed E-state index contributed by atoms with van der Waals surface area (Å²) in [7, 11) is 0. The second-order valence-electron chi connectivity index (χ2n) is 6.54. The van der Waals surface area contributed by atoms with E-state index in [9.17, 15) is 4.79 Å². The lowest BCUT2D eigenvalue weighted by Crippen LogP contribution is -2.34. The molecule has 0 spiro atoms. The van der Waals surface area contributed by atoms with Gasteiger partial charge in [-0.2, -0.15) is 5.10 Å². The summed E-state index contributed by atoms with van der Waals surface area (Å²) in [5.41, 5.74) is 3.06. The van der Waals surface area contributed by atoms with Gasteiger partial charge in [-0.1, -0.05) is 54.6 Å². The van der Waals surface area contributed by atoms with Crippen LogP contribution in [0, 0.1) is 0 Å². The highest BCUT2D eigenvalue weighted by Gasteiger charge is 2.50. The van der Waals surface area contributed by atoms with Crippen LogP contribution in [0.4, 0.5) is 0 Å². The van der Waals surface area contributed by atoms with Crippen molar-refractivity contribution in [3.05, 3.63) is 83.9 Å². The second kappa shape index (κ2) is 6.51. The number of amides is 1. The second-order valence-corrected chi connectivity index (χ2v) is 6.54. The minimum atomic E-state index is -0.311. The molecule has 0 unspecified atom stereocenters. The van der Waals surface area contributed by atoms with Gasteiger partial charge < -0.3 is 5.32 Å². The van der Waals surface area contributed by atoms with E-state index in [0.29, 0.717) is 13.1 Å². The quantitative estimate of drug-likeness (QED) is 0.755. The van der Waals surface area contributed by atoms with E-state index in [-0.39, 0.29) is 11.3 Å². The maximum Gasteiger partial charge on any atom is 0.230 e. The molecule has 1 aliphatic rings. The molecule has 25 heavy (non-hydrogen) atoms. The van der Waals surface area contributed by atoms with Gasteiger partial charge in [0.25, 0.3) is 0 Å². The fourth-order valence-electron chi connectivity index (χ4n) is 3.14. The van der Waals surface area contributed by atoms with Crippen molar-refractivity contribution in [2.24, 2.45) is 0 Å². The SMILES string of the molecule is O=C(NCc1ccc(Cn2cncn2)cc1)C1(c2ccccc2)CC1. The minimum Gasteiger partial charge on any atom is -0.351 e. The number of nitrogens with zero attached hydrogens (tertiary/aromatic N) is 3. The Morgan fingerprint density at radius 1 is 1.04 bits per heavy atom. The summed E-state index contributed by atoms with van der Waals surface area (Å²) in [6.45, 7) is 1.25. The van der Waals surface area contributed by atoms with Crippen LogP contribution >= 0.6 is 0 Å². The lowest BCUT2D eigenvalue weighted by Gasteiger charge is -2.16. The molecule has 0 radical (unpaired) electrons. The molecule has 1 saturated carbocycles. The number of nitrogens with one attached hydrogen (secondary N) is 1. The lowest BCUT2D eigenvalue weighted by atomic mass is 9.95. The first kappa shape index (κ1) is 15.6. The molecule has 0 bridgehead atoms. The van der Waals surface area contributed by atoms with E-state index >= 15 is 0 Å². The third kappa shape index (κ3) is 3.31. The highest BCUT2D eigenvalue weighted by molar-refractivity contribution is 5.91. The molecule has 1 heterocycles. The van der Waals surface area contributed by atoms with Gasteiger partial charge in [-0.15, -0.1) is 0 Å². The van der Waals surface area contributed by atoms with Crippen LogP contribution in [0.2, 0.25) is 0 Å². The lowest BCUT2D eigenvalue weighted by molar-refractivity contribution is -0.123. The van der Waals surface area contributed by atoms with E-state index in [1.165, 1.54) is 6.33 Å². The van der Waals surface area contributed by atoms with Crippen LogP contribution in [0.5, 0.6) is 0 Å². The molecule has 1 aromatic heterocycles. The smallest absolute Gasteiger partial charge is 0.230 e. The zero-order valence-electron chi connectivity index (χ0n) is 13.9. The summed E-state index contributed by atoms with van der Waals surface area (Å²) in [4.78, 5) is 16.6. The average Bonchev–Trinajstić information content (AvgIpc) is 3.32. The van der Waals surface area contributed by atoms with Crippen LogP contribution in [0.1, 0.15) is 29.5 Å². The summed E-state index contributed by atoms with van der Waals surface area (Å²) >= 11 is 0. The maximum absolute atomic E-state index is 12.6. The van der Waals surface area contributed by atoms with Crippen molar-refractivity contribution in [2.75, 3.05) is 0 Å². The van der Waals surface area contributed by atoms with E-state index in [0.717, 1.165) is 29.5 Å². The molecule has 1 aliphatic carbocycles. The zero-order valence-corrected chi connectivity index (χ0v) is 13.9. The fourth-order valence-corrected chi connectivity index (χ4v) is 3.14. The molecule has 0 atom stereocenters. The zero-order chi connectivity index (χ0) is 17.1. The topological polar surface area (TPSA) is 59.8 Å². The van der Waals surface area contributed by atoms with Gasteiger partial charge in [-0.05, 0) is 29.5 Å². The fraction of sp³-hybridized carbons (Fsp3) is 0.250. The van der Waals surface area contributed by atoms with E-state index in [4.69, 9.17) is 0 Å². The predicted octanol–water partition coefficient (Wildman–Crippen LogP) is 2.67. The van der Waals surface area contributed by atoms with Gasteiger partial charge in [0.05, 0.1) is 12.0 Å². The molecule has 0 aliphatic heterocycles. The molecule has 0 saturated heterocycles. The Morgan fingerprint density at radius 2 is 1.76 bits per heavy atom.